The minimum absolute atomic E-state index is 0.0165. The predicted octanol–water partition coefficient (Wildman–Crippen LogP) is 6.02. The summed E-state index contributed by atoms with van der Waals surface area (Å²) in [5.74, 6) is -2.51. The van der Waals surface area contributed by atoms with E-state index in [1.165, 1.54) is 31.4 Å². The summed E-state index contributed by atoms with van der Waals surface area (Å²) in [6.07, 6.45) is 3.21. The van der Waals surface area contributed by atoms with E-state index in [1.807, 2.05) is 12.1 Å². The number of esters is 1. The van der Waals surface area contributed by atoms with Crippen LogP contribution in [0.2, 0.25) is 5.02 Å². The Morgan fingerprint density at radius 3 is 2.21 bits per heavy atom. The predicted molar refractivity (Wildman–Crippen MR) is 189 cm³/mol. The third kappa shape index (κ3) is 11.8. The van der Waals surface area contributed by atoms with Gasteiger partial charge in [-0.1, -0.05) is 62.3 Å². The monoisotopic (exact) mass is 759 g/mol. The molecule has 0 aliphatic heterocycles. The highest BCUT2D eigenvalue weighted by Gasteiger charge is 2.45. The summed E-state index contributed by atoms with van der Waals surface area (Å²) in [4.78, 5) is 62.8. The van der Waals surface area contributed by atoms with Crippen molar-refractivity contribution in [3.8, 4) is 6.01 Å². The first-order chi connectivity index (χ1) is 25.3. The van der Waals surface area contributed by atoms with Gasteiger partial charge in [0.2, 0.25) is 17.7 Å². The van der Waals surface area contributed by atoms with Gasteiger partial charge in [-0.15, -0.1) is 0 Å². The van der Waals surface area contributed by atoms with E-state index in [-0.39, 0.29) is 42.8 Å². The Balaban J connectivity index is 1.19. The third-order valence-electron chi connectivity index (χ3n) is 9.09. The van der Waals surface area contributed by atoms with Crippen LogP contribution in [0.3, 0.4) is 0 Å². The summed E-state index contributed by atoms with van der Waals surface area (Å²) < 4.78 is 48.5. The van der Waals surface area contributed by atoms with Gasteiger partial charge in [0.1, 0.15) is 6.04 Å². The zero-order valence-electron chi connectivity index (χ0n) is 29.1. The molecule has 4 N–H and O–H groups in total. The van der Waals surface area contributed by atoms with Gasteiger partial charge in [-0.05, 0) is 67.1 Å². The Bertz CT molecular complexity index is 1750. The Kier molecular flexibility index (Phi) is 13.1. The number of nitrogens with one attached hydrogen (secondary N) is 4. The average molecular weight is 760 g/mol. The Labute approximate surface area is 309 Å². The van der Waals surface area contributed by atoms with E-state index >= 15 is 0 Å². The first-order valence-corrected chi connectivity index (χ1v) is 17.8. The molecule has 2 saturated carbocycles. The second-order valence-electron chi connectivity index (χ2n) is 13.2. The molecule has 1 heterocycles. The zero-order valence-corrected chi connectivity index (χ0v) is 29.8. The van der Waals surface area contributed by atoms with Crippen LogP contribution in [0.5, 0.6) is 6.01 Å². The molecule has 1 aromatic heterocycles. The zero-order chi connectivity index (χ0) is 38.0. The average Bonchev–Trinajstić information content (AvgIpc) is 3.95. The van der Waals surface area contributed by atoms with Crippen molar-refractivity contribution in [2.75, 3.05) is 30.9 Å². The van der Waals surface area contributed by atoms with Crippen molar-refractivity contribution in [2.45, 2.75) is 82.0 Å². The maximum Gasteiger partial charge on any atom is 0.422 e. The number of ketones is 1. The molecule has 284 valence electrons. The second kappa shape index (κ2) is 17.7. The van der Waals surface area contributed by atoms with E-state index in [9.17, 15) is 32.3 Å². The first kappa shape index (κ1) is 39.2. The Morgan fingerprint density at radius 2 is 1.58 bits per heavy atom. The molecule has 1 atom stereocenters. The van der Waals surface area contributed by atoms with Crippen molar-refractivity contribution in [3.63, 3.8) is 0 Å². The molecule has 2 aromatic carbocycles. The van der Waals surface area contributed by atoms with Crippen LogP contribution in [-0.4, -0.2) is 71.0 Å². The molecule has 3 aromatic rings. The normalized spacial score (nSPS) is 16.0. The summed E-state index contributed by atoms with van der Waals surface area (Å²) >= 11 is 6.03. The molecule has 2 amide bonds. The minimum atomic E-state index is -4.63. The minimum Gasteiger partial charge on any atom is -0.467 e. The van der Waals surface area contributed by atoms with Crippen molar-refractivity contribution in [1.29, 1.82) is 0 Å². The molecule has 0 unspecified atom stereocenters. The molecule has 2 aliphatic rings. The summed E-state index contributed by atoms with van der Waals surface area (Å²) in [5.41, 5.74) is 0.898. The molecule has 2 aliphatic carbocycles. The molecule has 5 rings (SSSR count). The molecule has 0 radical (unpaired) electrons. The van der Waals surface area contributed by atoms with Crippen LogP contribution < -0.4 is 26.0 Å². The maximum absolute atomic E-state index is 13.1. The lowest BCUT2D eigenvalue weighted by Gasteiger charge is -2.19. The quantitative estimate of drug-likeness (QED) is 0.0765. The molecule has 0 saturated heterocycles. The van der Waals surface area contributed by atoms with Crippen LogP contribution in [0.1, 0.15) is 80.1 Å². The second-order valence-corrected chi connectivity index (χ2v) is 13.6. The largest absolute Gasteiger partial charge is 0.467 e. The van der Waals surface area contributed by atoms with Crippen LogP contribution in [-0.2, 0) is 24.7 Å². The van der Waals surface area contributed by atoms with E-state index in [0.717, 1.165) is 56.9 Å². The first-order valence-electron chi connectivity index (χ1n) is 17.4. The van der Waals surface area contributed by atoms with Gasteiger partial charge in [0.15, 0.2) is 6.61 Å². The standard InChI is InChI=1S/C36H41ClF3N7O6/c1-52-31(51)27(16-19-41-30(50)28(48)20-22-6-4-2-3-5-7-22)43-29(49)23-8-14-26(15-9-23)42-32-44-33(46-34(45-32)53-21-36(38,39)40)47-35(17-18-35)24-10-12-25(37)13-11-24/h8-15,22,27H,2-7,16-21H2,1H3,(H,41,50)(H,43,49)(H2,42,44,45,46,47)/t27-/m0/s1. The lowest BCUT2D eigenvalue weighted by molar-refractivity contribution is -0.154. The fourth-order valence-electron chi connectivity index (χ4n) is 6.09. The third-order valence-corrected chi connectivity index (χ3v) is 9.34. The number of ether oxygens (including phenoxy) is 2. The van der Waals surface area contributed by atoms with Crippen LogP contribution in [0.15, 0.2) is 48.5 Å². The van der Waals surface area contributed by atoms with Crippen molar-refractivity contribution >= 4 is 52.8 Å². The number of anilines is 3. The summed E-state index contributed by atoms with van der Waals surface area (Å²) in [5, 5.41) is 11.8. The SMILES string of the molecule is COC(=O)[C@H](CCNC(=O)C(=O)CC1CCCCCC1)NC(=O)c1ccc(Nc2nc(NC3(c4ccc(Cl)cc4)CC3)nc(OCC(F)(F)F)n2)cc1. The van der Waals surface area contributed by atoms with Crippen LogP contribution >= 0.6 is 11.6 Å². The highest BCUT2D eigenvalue weighted by molar-refractivity contribution is 6.36. The number of rotatable bonds is 16. The molecular formula is C36H41ClF3N7O6. The number of amides is 2. The van der Waals surface area contributed by atoms with Gasteiger partial charge in [0.05, 0.1) is 12.6 Å². The van der Waals surface area contributed by atoms with Crippen molar-refractivity contribution in [2.24, 2.45) is 5.92 Å². The van der Waals surface area contributed by atoms with E-state index in [1.54, 1.807) is 12.1 Å². The number of hydrogen-bond acceptors (Lipinski definition) is 11. The number of aromatic nitrogens is 3. The van der Waals surface area contributed by atoms with Gasteiger partial charge < -0.3 is 30.7 Å². The molecule has 53 heavy (non-hydrogen) atoms. The Hall–Kier alpha value is -4.99. The van der Waals surface area contributed by atoms with Crippen molar-refractivity contribution in [1.82, 2.24) is 25.6 Å². The molecule has 0 bridgehead atoms. The summed E-state index contributed by atoms with van der Waals surface area (Å²) in [7, 11) is 1.17. The number of Topliss-reactive ketones (excluding diaryl/α,β-unsaturated/α-hetero) is 1. The van der Waals surface area contributed by atoms with E-state index in [0.29, 0.717) is 10.7 Å². The maximum atomic E-state index is 13.1. The Morgan fingerprint density at radius 1 is 0.925 bits per heavy atom. The van der Waals surface area contributed by atoms with Gasteiger partial charge >= 0.3 is 18.2 Å². The van der Waals surface area contributed by atoms with Gasteiger partial charge in [0.25, 0.3) is 11.8 Å². The molecule has 0 spiro atoms. The van der Waals surface area contributed by atoms with Gasteiger partial charge in [-0.25, -0.2) is 4.79 Å². The number of hydrogen-bond donors (Lipinski definition) is 4. The van der Waals surface area contributed by atoms with Crippen molar-refractivity contribution in [3.05, 3.63) is 64.7 Å². The van der Waals surface area contributed by atoms with Crippen molar-refractivity contribution < 1.29 is 41.8 Å². The highest BCUT2D eigenvalue weighted by atomic mass is 35.5. The van der Waals surface area contributed by atoms with Gasteiger partial charge in [-0.3, -0.25) is 14.4 Å². The number of benzene rings is 2. The number of alkyl halides is 3. The number of halogens is 4. The topological polar surface area (TPSA) is 174 Å². The fraction of sp³-hybridized carbons (Fsp3) is 0.472. The smallest absolute Gasteiger partial charge is 0.422 e. The number of carbonyl (C=O) groups excluding carboxylic acids is 4. The highest BCUT2D eigenvalue weighted by Crippen LogP contribution is 2.48. The van der Waals surface area contributed by atoms with Crippen LogP contribution in [0.25, 0.3) is 0 Å². The summed E-state index contributed by atoms with van der Waals surface area (Å²) in [6.45, 7) is -1.66. The molecule has 2 fully saturated rings. The molecular weight excluding hydrogens is 719 g/mol. The fourth-order valence-corrected chi connectivity index (χ4v) is 6.22. The summed E-state index contributed by atoms with van der Waals surface area (Å²) in [6, 6.07) is 11.4. The van der Waals surface area contributed by atoms with Crippen LogP contribution in [0, 0.1) is 5.92 Å². The van der Waals surface area contributed by atoms with E-state index < -0.39 is 53.9 Å². The molecule has 17 heteroatoms. The number of methoxy groups -OCH3 is 1. The molecule has 13 nitrogen and oxygen atoms in total. The lowest BCUT2D eigenvalue weighted by atomic mass is 9.94. The van der Waals surface area contributed by atoms with Crippen LogP contribution in [0.4, 0.5) is 30.8 Å². The number of carbonyl (C=O) groups is 4. The van der Waals surface area contributed by atoms with E-state index in [2.05, 4.69) is 36.2 Å². The lowest BCUT2D eigenvalue weighted by Crippen LogP contribution is -2.44. The van der Waals surface area contributed by atoms with Gasteiger partial charge in [-0.2, -0.15) is 28.1 Å². The van der Waals surface area contributed by atoms with Gasteiger partial charge in [0, 0.05) is 29.2 Å². The number of nitrogens with zero attached hydrogens (tertiary/aromatic N) is 3. The van der Waals surface area contributed by atoms with E-state index in [4.69, 9.17) is 21.1 Å².